The Morgan fingerprint density at radius 3 is 2.41 bits per heavy atom. The molecule has 2 heterocycles. The van der Waals surface area contributed by atoms with Crippen LogP contribution < -0.4 is 15.0 Å². The number of ether oxygens (including phenoxy) is 1. The molecule has 0 radical (unpaired) electrons. The minimum Gasteiger partial charge on any atom is -0.456 e. The number of aliphatic hydroxyl groups excluding tert-OH is 1. The van der Waals surface area contributed by atoms with Gasteiger partial charge < -0.3 is 14.7 Å². The molecule has 1 unspecified atom stereocenters. The molecule has 2 aliphatic rings. The van der Waals surface area contributed by atoms with E-state index in [1.807, 2.05) is 50.2 Å². The molecule has 8 heteroatoms. The van der Waals surface area contributed by atoms with Gasteiger partial charge in [-0.2, -0.15) is 0 Å². The van der Waals surface area contributed by atoms with Gasteiger partial charge in [-0.05, 0) is 62.6 Å². The molecule has 4 rings (SSSR count). The fourth-order valence-electron chi connectivity index (χ4n) is 5.27. The second-order valence-corrected chi connectivity index (χ2v) is 10.3. The maximum absolute atomic E-state index is 13.3. The average molecular weight is 558 g/mol. The number of benzene rings is 2. The van der Waals surface area contributed by atoms with Crippen LogP contribution in [0.1, 0.15) is 58.1 Å². The highest BCUT2D eigenvalue weighted by molar-refractivity contribution is 6.28. The lowest BCUT2D eigenvalue weighted by Crippen LogP contribution is -2.55. The molecule has 2 aliphatic heterocycles. The molecular weight excluding hydrogens is 518 g/mol. The summed E-state index contributed by atoms with van der Waals surface area (Å²) in [6.45, 7) is 9.79. The molecule has 1 atom stereocenters. The Bertz CT molecular complexity index is 1390. The van der Waals surface area contributed by atoms with E-state index in [0.717, 1.165) is 58.8 Å². The van der Waals surface area contributed by atoms with Crippen LogP contribution in [0.25, 0.3) is 5.57 Å². The molecule has 216 valence electrons. The Balaban J connectivity index is 1.74. The van der Waals surface area contributed by atoms with Crippen LogP contribution in [0.3, 0.4) is 0 Å². The zero-order valence-electron chi connectivity index (χ0n) is 24.3. The van der Waals surface area contributed by atoms with E-state index in [-0.39, 0.29) is 24.6 Å². The van der Waals surface area contributed by atoms with Crippen LogP contribution in [0.5, 0.6) is 5.75 Å². The predicted molar refractivity (Wildman–Crippen MR) is 160 cm³/mol. The number of urea groups is 1. The second-order valence-electron chi connectivity index (χ2n) is 10.3. The van der Waals surface area contributed by atoms with E-state index in [1.54, 1.807) is 6.08 Å². The van der Waals surface area contributed by atoms with Gasteiger partial charge in [-0.25, -0.2) is 4.79 Å². The lowest BCUT2D eigenvalue weighted by Gasteiger charge is -2.29. The van der Waals surface area contributed by atoms with Crippen LogP contribution in [0.4, 0.5) is 10.5 Å². The Morgan fingerprint density at radius 1 is 1.02 bits per heavy atom. The van der Waals surface area contributed by atoms with Crippen molar-refractivity contribution in [2.45, 2.75) is 47.0 Å². The molecule has 8 nitrogen and oxygen atoms in total. The molecule has 2 aromatic rings. The SMILES string of the molecule is CCCCC(CO)CN1C(=O)NC(=O)/C(=C\C=C2/Oc3cc(N(CC)CC)ccc3C(c3ccccc3)=C2C)C1=O. The maximum Gasteiger partial charge on any atom is 0.331 e. The smallest absolute Gasteiger partial charge is 0.331 e. The summed E-state index contributed by atoms with van der Waals surface area (Å²) >= 11 is 0. The van der Waals surface area contributed by atoms with Gasteiger partial charge in [0.2, 0.25) is 0 Å². The van der Waals surface area contributed by atoms with Gasteiger partial charge in [0.05, 0.1) is 0 Å². The Labute approximate surface area is 242 Å². The van der Waals surface area contributed by atoms with Gasteiger partial charge in [0.25, 0.3) is 11.8 Å². The number of allylic oxidation sites excluding steroid dienone is 3. The van der Waals surface area contributed by atoms with Crippen LogP contribution in [0.2, 0.25) is 0 Å². The van der Waals surface area contributed by atoms with Crippen LogP contribution in [0.15, 0.2) is 77.6 Å². The van der Waals surface area contributed by atoms with Gasteiger partial charge in [-0.3, -0.25) is 19.8 Å². The monoisotopic (exact) mass is 557 g/mol. The minimum atomic E-state index is -0.769. The number of hydrogen-bond donors (Lipinski definition) is 2. The fourth-order valence-corrected chi connectivity index (χ4v) is 5.27. The first-order chi connectivity index (χ1) is 19.8. The van der Waals surface area contributed by atoms with Gasteiger partial charge >= 0.3 is 6.03 Å². The molecule has 0 saturated carbocycles. The number of aliphatic hydroxyl groups is 1. The number of carbonyl (C=O) groups excluding carboxylic acids is 3. The lowest BCUT2D eigenvalue weighted by atomic mass is 9.90. The summed E-state index contributed by atoms with van der Waals surface area (Å²) in [6.07, 6.45) is 5.51. The number of nitrogens with one attached hydrogen (secondary N) is 1. The summed E-state index contributed by atoms with van der Waals surface area (Å²) in [6, 6.07) is 15.4. The van der Waals surface area contributed by atoms with Gasteiger partial charge in [-0.1, -0.05) is 50.1 Å². The number of amides is 4. The molecule has 1 fully saturated rings. The number of carbonyl (C=O) groups is 3. The van der Waals surface area contributed by atoms with Crippen molar-refractivity contribution in [1.29, 1.82) is 0 Å². The number of fused-ring (bicyclic) bond motifs is 1. The van der Waals surface area contributed by atoms with Crippen LogP contribution in [0, 0.1) is 5.92 Å². The maximum atomic E-state index is 13.3. The molecule has 2 aromatic carbocycles. The van der Waals surface area contributed by atoms with E-state index in [0.29, 0.717) is 17.9 Å². The molecule has 0 spiro atoms. The Hall–Kier alpha value is -4.17. The van der Waals surface area contributed by atoms with Gasteiger partial charge in [0.1, 0.15) is 17.1 Å². The van der Waals surface area contributed by atoms with E-state index >= 15 is 0 Å². The first-order valence-electron chi connectivity index (χ1n) is 14.4. The predicted octanol–water partition coefficient (Wildman–Crippen LogP) is 5.43. The number of nitrogens with zero attached hydrogens (tertiary/aromatic N) is 2. The number of anilines is 1. The highest BCUT2D eigenvalue weighted by atomic mass is 16.5. The fraction of sp³-hybridized carbons (Fsp3) is 0.364. The highest BCUT2D eigenvalue weighted by Crippen LogP contribution is 2.42. The van der Waals surface area contributed by atoms with Crippen molar-refractivity contribution >= 4 is 29.1 Å². The molecule has 2 N–H and O–H groups in total. The molecule has 1 saturated heterocycles. The minimum absolute atomic E-state index is 0.0391. The third-order valence-corrected chi connectivity index (χ3v) is 7.64. The molecule has 0 bridgehead atoms. The van der Waals surface area contributed by atoms with Gasteiger partial charge in [0, 0.05) is 55.0 Å². The zero-order chi connectivity index (χ0) is 29.5. The topological polar surface area (TPSA) is 99.2 Å². The van der Waals surface area contributed by atoms with Crippen LogP contribution in [-0.4, -0.2) is 54.1 Å². The largest absolute Gasteiger partial charge is 0.456 e. The lowest BCUT2D eigenvalue weighted by molar-refractivity contribution is -0.130. The van der Waals surface area contributed by atoms with E-state index in [2.05, 4.69) is 36.2 Å². The van der Waals surface area contributed by atoms with E-state index in [9.17, 15) is 19.5 Å². The summed E-state index contributed by atoms with van der Waals surface area (Å²) in [5, 5.41) is 12.0. The third-order valence-electron chi connectivity index (χ3n) is 7.64. The van der Waals surface area contributed by atoms with Crippen molar-refractivity contribution in [1.82, 2.24) is 10.2 Å². The van der Waals surface area contributed by atoms with Crippen LogP contribution >= 0.6 is 0 Å². The van der Waals surface area contributed by atoms with Crippen molar-refractivity contribution in [3.8, 4) is 5.75 Å². The third kappa shape index (κ3) is 6.43. The Kier molecular flexibility index (Phi) is 9.78. The van der Waals surface area contributed by atoms with Crippen molar-refractivity contribution < 1.29 is 24.2 Å². The number of imide groups is 2. The van der Waals surface area contributed by atoms with Crippen molar-refractivity contribution in [3.05, 3.63) is 88.7 Å². The number of barbiturate groups is 1. The van der Waals surface area contributed by atoms with E-state index in [4.69, 9.17) is 4.74 Å². The Morgan fingerprint density at radius 2 is 1.76 bits per heavy atom. The normalized spacial score (nSPS) is 18.0. The molecule has 0 aromatic heterocycles. The molecular formula is C33H39N3O5. The van der Waals surface area contributed by atoms with Crippen molar-refractivity contribution in [2.24, 2.45) is 5.92 Å². The summed E-state index contributed by atoms with van der Waals surface area (Å²) in [7, 11) is 0. The second kappa shape index (κ2) is 13.5. The first kappa shape index (κ1) is 29.8. The first-order valence-corrected chi connectivity index (χ1v) is 14.4. The standard InChI is InChI=1S/C33H39N3O5/c1-5-8-12-23(21-37)20-36-32(39)27(31(38)34-33(36)40)17-18-28-22(4)30(24-13-10-9-11-14-24)26-16-15-25(19-29(26)41-28)35(6-2)7-3/h9-11,13-19,23,37H,5-8,12,20-21H2,1-4H3,(H,34,38,40)/b27-17+,28-18-. The quantitative estimate of drug-likeness (QED) is 0.282. The van der Waals surface area contributed by atoms with Gasteiger partial charge in [-0.15, -0.1) is 0 Å². The number of hydrogen-bond acceptors (Lipinski definition) is 6. The zero-order valence-corrected chi connectivity index (χ0v) is 24.3. The van der Waals surface area contributed by atoms with E-state index in [1.165, 1.54) is 6.08 Å². The average Bonchev–Trinajstić information content (AvgIpc) is 2.98. The van der Waals surface area contributed by atoms with Gasteiger partial charge in [0.15, 0.2) is 0 Å². The summed E-state index contributed by atoms with van der Waals surface area (Å²) in [4.78, 5) is 41.8. The van der Waals surface area contributed by atoms with Crippen molar-refractivity contribution in [3.63, 3.8) is 0 Å². The highest BCUT2D eigenvalue weighted by Gasteiger charge is 2.36. The molecule has 0 aliphatic carbocycles. The summed E-state index contributed by atoms with van der Waals surface area (Å²) in [5.74, 6) is -0.515. The molecule has 4 amide bonds. The summed E-state index contributed by atoms with van der Waals surface area (Å²) in [5.41, 5.74) is 4.71. The van der Waals surface area contributed by atoms with Crippen molar-refractivity contribution in [2.75, 3.05) is 31.1 Å². The summed E-state index contributed by atoms with van der Waals surface area (Å²) < 4.78 is 6.39. The van der Waals surface area contributed by atoms with Crippen LogP contribution in [-0.2, 0) is 9.59 Å². The van der Waals surface area contributed by atoms with E-state index < -0.39 is 17.8 Å². The molecule has 41 heavy (non-hydrogen) atoms. The number of unbranched alkanes of at least 4 members (excludes halogenated alkanes) is 1. The number of rotatable bonds is 11.